The number of halogens is 1. The van der Waals surface area contributed by atoms with E-state index >= 15 is 0 Å². The first-order valence-corrected chi connectivity index (χ1v) is 5.97. The molecule has 5 heteroatoms. The first kappa shape index (κ1) is 12.0. The lowest BCUT2D eigenvalue weighted by molar-refractivity contribution is 0.619. The molecule has 1 heterocycles. The van der Waals surface area contributed by atoms with E-state index in [9.17, 15) is 4.39 Å². The van der Waals surface area contributed by atoms with Crippen molar-refractivity contribution in [3.05, 3.63) is 48.2 Å². The quantitative estimate of drug-likeness (QED) is 0.845. The van der Waals surface area contributed by atoms with Crippen molar-refractivity contribution in [3.63, 3.8) is 0 Å². The van der Waals surface area contributed by atoms with Crippen molar-refractivity contribution in [3.8, 4) is 0 Å². The minimum absolute atomic E-state index is 0.227. The second-order valence-corrected chi connectivity index (χ2v) is 4.57. The molecule has 0 aliphatic heterocycles. The molecule has 17 heavy (non-hydrogen) atoms. The average Bonchev–Trinajstić information content (AvgIpc) is 2.30. The summed E-state index contributed by atoms with van der Waals surface area (Å²) < 4.78 is 13.4. The van der Waals surface area contributed by atoms with Crippen LogP contribution >= 0.6 is 11.8 Å². The standard InChI is InChI=1S/C12H12FN3S/c1-14-7-9-4-10(13)6-11(5-9)17-12-2-3-15-8-16-12/h2-6,8,14H,7H2,1H3. The molecular formula is C12H12FN3S. The van der Waals surface area contributed by atoms with Crippen LogP contribution < -0.4 is 5.32 Å². The fourth-order valence-electron chi connectivity index (χ4n) is 1.45. The number of hydrogen-bond donors (Lipinski definition) is 1. The molecule has 88 valence electrons. The van der Waals surface area contributed by atoms with Gasteiger partial charge in [0, 0.05) is 17.6 Å². The van der Waals surface area contributed by atoms with Gasteiger partial charge in [-0.15, -0.1) is 0 Å². The van der Waals surface area contributed by atoms with Crippen molar-refractivity contribution in [2.45, 2.75) is 16.5 Å². The summed E-state index contributed by atoms with van der Waals surface area (Å²) in [6.45, 7) is 0.648. The number of rotatable bonds is 4. The van der Waals surface area contributed by atoms with Gasteiger partial charge in [-0.05, 0) is 36.9 Å². The zero-order chi connectivity index (χ0) is 12.1. The Labute approximate surface area is 103 Å². The highest BCUT2D eigenvalue weighted by molar-refractivity contribution is 7.99. The van der Waals surface area contributed by atoms with Gasteiger partial charge < -0.3 is 5.32 Å². The van der Waals surface area contributed by atoms with Crippen LogP contribution in [0.15, 0.2) is 46.7 Å². The van der Waals surface area contributed by atoms with Crippen molar-refractivity contribution in [1.29, 1.82) is 0 Å². The molecule has 0 saturated carbocycles. The molecule has 0 aliphatic rings. The van der Waals surface area contributed by atoms with Gasteiger partial charge in [0.15, 0.2) is 0 Å². The van der Waals surface area contributed by atoms with Gasteiger partial charge in [-0.25, -0.2) is 14.4 Å². The van der Waals surface area contributed by atoms with E-state index in [2.05, 4.69) is 15.3 Å². The van der Waals surface area contributed by atoms with E-state index < -0.39 is 0 Å². The van der Waals surface area contributed by atoms with Crippen LogP contribution in [0, 0.1) is 5.82 Å². The zero-order valence-corrected chi connectivity index (χ0v) is 10.2. The van der Waals surface area contributed by atoms with E-state index in [4.69, 9.17) is 0 Å². The summed E-state index contributed by atoms with van der Waals surface area (Å²) in [7, 11) is 1.84. The molecule has 0 unspecified atom stereocenters. The monoisotopic (exact) mass is 249 g/mol. The van der Waals surface area contributed by atoms with Crippen molar-refractivity contribution >= 4 is 11.8 Å². The number of benzene rings is 1. The highest BCUT2D eigenvalue weighted by atomic mass is 32.2. The maximum Gasteiger partial charge on any atom is 0.124 e. The normalized spacial score (nSPS) is 10.5. The third-order valence-electron chi connectivity index (χ3n) is 2.09. The van der Waals surface area contributed by atoms with E-state index in [0.717, 1.165) is 15.5 Å². The van der Waals surface area contributed by atoms with Crippen LogP contribution in [0.1, 0.15) is 5.56 Å². The van der Waals surface area contributed by atoms with Gasteiger partial charge in [0.05, 0.1) is 0 Å². The van der Waals surface area contributed by atoms with Crippen molar-refractivity contribution in [2.75, 3.05) is 7.05 Å². The Balaban J connectivity index is 2.21. The third kappa shape index (κ3) is 3.51. The number of nitrogens with zero attached hydrogens (tertiary/aromatic N) is 2. The Kier molecular flexibility index (Phi) is 4.06. The van der Waals surface area contributed by atoms with Crippen LogP contribution in [0.3, 0.4) is 0 Å². The van der Waals surface area contributed by atoms with Crippen molar-refractivity contribution in [2.24, 2.45) is 0 Å². The van der Waals surface area contributed by atoms with E-state index in [0.29, 0.717) is 6.54 Å². The Hall–Kier alpha value is -1.46. The lowest BCUT2D eigenvalue weighted by Gasteiger charge is -2.05. The molecule has 1 aromatic carbocycles. The molecular weight excluding hydrogens is 237 g/mol. The van der Waals surface area contributed by atoms with E-state index in [1.54, 1.807) is 12.3 Å². The van der Waals surface area contributed by atoms with E-state index in [-0.39, 0.29) is 5.82 Å². The molecule has 1 aromatic heterocycles. The molecule has 0 amide bonds. The van der Waals surface area contributed by atoms with Gasteiger partial charge in [-0.1, -0.05) is 11.8 Å². The van der Waals surface area contributed by atoms with Gasteiger partial charge in [-0.3, -0.25) is 0 Å². The molecule has 1 N–H and O–H groups in total. The summed E-state index contributed by atoms with van der Waals surface area (Å²) in [6.07, 6.45) is 3.15. The zero-order valence-electron chi connectivity index (χ0n) is 9.35. The predicted molar refractivity (Wildman–Crippen MR) is 65.3 cm³/mol. The fraction of sp³-hybridized carbons (Fsp3) is 0.167. The highest BCUT2D eigenvalue weighted by Crippen LogP contribution is 2.26. The van der Waals surface area contributed by atoms with Crippen LogP contribution in [0.4, 0.5) is 4.39 Å². The maximum absolute atomic E-state index is 13.4. The number of nitrogens with one attached hydrogen (secondary N) is 1. The van der Waals surface area contributed by atoms with Crippen LogP contribution in [-0.4, -0.2) is 17.0 Å². The highest BCUT2D eigenvalue weighted by Gasteiger charge is 2.03. The van der Waals surface area contributed by atoms with Gasteiger partial charge in [0.2, 0.25) is 0 Å². The first-order chi connectivity index (χ1) is 8.28. The first-order valence-electron chi connectivity index (χ1n) is 5.16. The van der Waals surface area contributed by atoms with E-state index in [1.165, 1.54) is 30.2 Å². The van der Waals surface area contributed by atoms with Crippen LogP contribution in [0.25, 0.3) is 0 Å². The summed E-state index contributed by atoms with van der Waals surface area (Å²) in [4.78, 5) is 8.78. The summed E-state index contributed by atoms with van der Waals surface area (Å²) in [5.74, 6) is -0.227. The van der Waals surface area contributed by atoms with Crippen LogP contribution in [0.5, 0.6) is 0 Å². The Morgan fingerprint density at radius 1 is 1.35 bits per heavy atom. The lowest BCUT2D eigenvalue weighted by atomic mass is 10.2. The molecule has 0 bridgehead atoms. The smallest absolute Gasteiger partial charge is 0.124 e. The van der Waals surface area contributed by atoms with Crippen LogP contribution in [0.2, 0.25) is 0 Å². The lowest BCUT2D eigenvalue weighted by Crippen LogP contribution is -2.05. The minimum Gasteiger partial charge on any atom is -0.316 e. The maximum atomic E-state index is 13.4. The topological polar surface area (TPSA) is 37.8 Å². The minimum atomic E-state index is -0.227. The van der Waals surface area contributed by atoms with Gasteiger partial charge >= 0.3 is 0 Å². The molecule has 0 fully saturated rings. The largest absolute Gasteiger partial charge is 0.316 e. The van der Waals surface area contributed by atoms with Crippen LogP contribution in [-0.2, 0) is 6.54 Å². The Morgan fingerprint density at radius 2 is 2.24 bits per heavy atom. The number of hydrogen-bond acceptors (Lipinski definition) is 4. The van der Waals surface area contributed by atoms with Crippen molar-refractivity contribution in [1.82, 2.24) is 15.3 Å². The molecule has 0 saturated heterocycles. The second-order valence-electron chi connectivity index (χ2n) is 3.48. The number of aromatic nitrogens is 2. The molecule has 0 atom stereocenters. The Bertz CT molecular complexity index is 490. The fourth-order valence-corrected chi connectivity index (χ4v) is 2.30. The average molecular weight is 249 g/mol. The van der Waals surface area contributed by atoms with E-state index in [1.807, 2.05) is 13.1 Å². The summed E-state index contributed by atoms with van der Waals surface area (Å²) in [6, 6.07) is 6.78. The Morgan fingerprint density at radius 3 is 2.94 bits per heavy atom. The predicted octanol–water partition coefficient (Wildman–Crippen LogP) is 2.49. The van der Waals surface area contributed by atoms with Gasteiger partial charge in [0.25, 0.3) is 0 Å². The molecule has 0 radical (unpaired) electrons. The summed E-state index contributed by atoms with van der Waals surface area (Å²) in [5.41, 5.74) is 0.920. The van der Waals surface area contributed by atoms with Gasteiger partial charge in [-0.2, -0.15) is 0 Å². The summed E-state index contributed by atoms with van der Waals surface area (Å²) >= 11 is 1.42. The van der Waals surface area contributed by atoms with Crippen molar-refractivity contribution < 1.29 is 4.39 Å². The third-order valence-corrected chi connectivity index (χ3v) is 3.01. The molecule has 2 rings (SSSR count). The summed E-state index contributed by atoms with van der Waals surface area (Å²) in [5, 5.41) is 3.81. The molecule has 2 aromatic rings. The van der Waals surface area contributed by atoms with Gasteiger partial charge in [0.1, 0.15) is 17.2 Å². The molecule has 0 spiro atoms. The second kappa shape index (κ2) is 5.75. The molecule has 0 aliphatic carbocycles. The SMILES string of the molecule is CNCc1cc(F)cc(Sc2ccncn2)c1. The molecule has 3 nitrogen and oxygen atoms in total.